The highest BCUT2D eigenvalue weighted by molar-refractivity contribution is 5.08. The molecular weight excluding hydrogens is 148 g/mol. The zero-order valence-electron chi connectivity index (χ0n) is 8.17. The van der Waals surface area contributed by atoms with Crippen LogP contribution in [0.4, 0.5) is 0 Å². The van der Waals surface area contributed by atoms with Gasteiger partial charge in [-0.2, -0.15) is 0 Å². The minimum absolute atomic E-state index is 0.643. The van der Waals surface area contributed by atoms with Gasteiger partial charge in [-0.05, 0) is 38.9 Å². The third kappa shape index (κ3) is 2.70. The Balaban J connectivity index is 2.27. The third-order valence-corrected chi connectivity index (χ3v) is 2.30. The van der Waals surface area contributed by atoms with E-state index in [9.17, 15) is 0 Å². The highest BCUT2D eigenvalue weighted by Crippen LogP contribution is 2.00. The number of aromatic amines is 1. The Bertz CT molecular complexity index is 202. The molecule has 0 amide bonds. The molecule has 2 heteroatoms. The van der Waals surface area contributed by atoms with Crippen molar-refractivity contribution >= 4 is 0 Å². The van der Waals surface area contributed by atoms with Crippen molar-refractivity contribution in [3.05, 3.63) is 24.0 Å². The second kappa shape index (κ2) is 4.31. The van der Waals surface area contributed by atoms with Crippen LogP contribution in [0.1, 0.15) is 19.4 Å². The van der Waals surface area contributed by atoms with Crippen LogP contribution in [0.5, 0.6) is 0 Å². The molecule has 12 heavy (non-hydrogen) atoms. The van der Waals surface area contributed by atoms with Crippen LogP contribution in [0.15, 0.2) is 18.5 Å². The van der Waals surface area contributed by atoms with Gasteiger partial charge in [-0.25, -0.2) is 0 Å². The first-order valence-electron chi connectivity index (χ1n) is 4.52. The molecule has 1 aromatic rings. The maximum absolute atomic E-state index is 3.06. The summed E-state index contributed by atoms with van der Waals surface area (Å²) in [4.78, 5) is 5.42. The van der Waals surface area contributed by atoms with Crippen molar-refractivity contribution in [3.8, 4) is 0 Å². The summed E-state index contributed by atoms with van der Waals surface area (Å²) in [6.45, 7) is 5.57. The summed E-state index contributed by atoms with van der Waals surface area (Å²) in [5, 5.41) is 0. The molecule has 0 bridgehead atoms. The number of hydrogen-bond acceptors (Lipinski definition) is 1. The van der Waals surface area contributed by atoms with Crippen LogP contribution in [0, 0.1) is 0 Å². The smallest absolute Gasteiger partial charge is 0.00378 e. The Morgan fingerprint density at radius 3 is 2.75 bits per heavy atom. The van der Waals surface area contributed by atoms with Gasteiger partial charge in [0.15, 0.2) is 0 Å². The van der Waals surface area contributed by atoms with Gasteiger partial charge in [0.1, 0.15) is 0 Å². The number of nitrogens with one attached hydrogen (secondary N) is 1. The lowest BCUT2D eigenvalue weighted by molar-refractivity contribution is 0.277. The first-order chi connectivity index (χ1) is 5.70. The summed E-state index contributed by atoms with van der Waals surface area (Å²) >= 11 is 0. The molecular formula is C10H18N2. The van der Waals surface area contributed by atoms with Crippen molar-refractivity contribution in [2.45, 2.75) is 26.3 Å². The molecule has 0 aliphatic rings. The van der Waals surface area contributed by atoms with E-state index in [0.717, 1.165) is 13.0 Å². The highest BCUT2D eigenvalue weighted by Gasteiger charge is 2.02. The van der Waals surface area contributed by atoms with E-state index >= 15 is 0 Å². The fourth-order valence-corrected chi connectivity index (χ4v) is 1.08. The fraction of sp³-hybridized carbons (Fsp3) is 0.600. The summed E-state index contributed by atoms with van der Waals surface area (Å²) in [5.74, 6) is 0. The number of nitrogens with zero attached hydrogens (tertiary/aromatic N) is 1. The van der Waals surface area contributed by atoms with Gasteiger partial charge in [0, 0.05) is 25.0 Å². The molecule has 1 aromatic heterocycles. The zero-order chi connectivity index (χ0) is 8.97. The maximum atomic E-state index is 3.06. The number of hydrogen-bond donors (Lipinski definition) is 1. The van der Waals surface area contributed by atoms with E-state index in [1.165, 1.54) is 5.56 Å². The molecule has 0 aliphatic carbocycles. The highest BCUT2D eigenvalue weighted by atomic mass is 15.1. The second-order valence-corrected chi connectivity index (χ2v) is 3.54. The molecule has 1 rings (SSSR count). The predicted octanol–water partition coefficient (Wildman–Crippen LogP) is 1.90. The van der Waals surface area contributed by atoms with Gasteiger partial charge in [0.25, 0.3) is 0 Å². The summed E-state index contributed by atoms with van der Waals surface area (Å²) < 4.78 is 0. The van der Waals surface area contributed by atoms with E-state index in [2.05, 4.69) is 43.0 Å². The van der Waals surface area contributed by atoms with Gasteiger partial charge in [-0.3, -0.25) is 0 Å². The minimum Gasteiger partial charge on any atom is -0.367 e. The number of likely N-dealkylation sites (N-methyl/N-ethyl adjacent to an activating group) is 1. The molecule has 0 radical (unpaired) electrons. The van der Waals surface area contributed by atoms with Crippen molar-refractivity contribution in [1.82, 2.24) is 9.88 Å². The van der Waals surface area contributed by atoms with Crippen LogP contribution >= 0.6 is 0 Å². The predicted molar refractivity (Wildman–Crippen MR) is 52.3 cm³/mol. The monoisotopic (exact) mass is 166 g/mol. The molecule has 0 aromatic carbocycles. The Morgan fingerprint density at radius 2 is 2.25 bits per heavy atom. The van der Waals surface area contributed by atoms with E-state index in [0.29, 0.717) is 6.04 Å². The number of H-pyrrole nitrogens is 1. The summed E-state index contributed by atoms with van der Waals surface area (Å²) in [7, 11) is 2.16. The van der Waals surface area contributed by atoms with Gasteiger partial charge < -0.3 is 9.88 Å². The van der Waals surface area contributed by atoms with Gasteiger partial charge in [0.05, 0.1) is 0 Å². The van der Waals surface area contributed by atoms with Crippen molar-refractivity contribution in [2.75, 3.05) is 13.6 Å². The van der Waals surface area contributed by atoms with E-state index in [1.807, 2.05) is 6.20 Å². The molecule has 0 atom stereocenters. The molecule has 0 saturated carbocycles. The Morgan fingerprint density at radius 1 is 1.50 bits per heavy atom. The first kappa shape index (κ1) is 9.33. The van der Waals surface area contributed by atoms with Crippen LogP contribution in [-0.4, -0.2) is 29.5 Å². The van der Waals surface area contributed by atoms with E-state index < -0.39 is 0 Å². The zero-order valence-corrected chi connectivity index (χ0v) is 8.17. The van der Waals surface area contributed by atoms with Gasteiger partial charge in [-0.1, -0.05) is 0 Å². The lowest BCUT2D eigenvalue weighted by atomic mass is 10.2. The number of rotatable bonds is 4. The van der Waals surface area contributed by atoms with Crippen LogP contribution < -0.4 is 0 Å². The topological polar surface area (TPSA) is 19.0 Å². The molecule has 2 nitrogen and oxygen atoms in total. The summed E-state index contributed by atoms with van der Waals surface area (Å²) in [6, 6.07) is 2.78. The standard InChI is InChI=1S/C10H18N2/c1-9(2)12(3)7-5-10-4-6-11-8-10/h4,6,8-9,11H,5,7H2,1-3H3. The lowest BCUT2D eigenvalue weighted by Gasteiger charge is -2.20. The largest absolute Gasteiger partial charge is 0.367 e. The molecule has 0 fully saturated rings. The van der Waals surface area contributed by atoms with Gasteiger partial charge in [0.2, 0.25) is 0 Å². The Hall–Kier alpha value is -0.760. The average Bonchev–Trinajstić information content (AvgIpc) is 2.51. The molecule has 0 unspecified atom stereocenters. The maximum Gasteiger partial charge on any atom is 0.00378 e. The molecule has 0 aliphatic heterocycles. The van der Waals surface area contributed by atoms with Crippen LogP contribution in [-0.2, 0) is 6.42 Å². The molecule has 1 N–H and O–H groups in total. The Labute approximate surface area is 74.6 Å². The SMILES string of the molecule is CC(C)N(C)CCc1cc[nH]c1. The quantitative estimate of drug-likeness (QED) is 0.723. The molecule has 0 spiro atoms. The van der Waals surface area contributed by atoms with Crippen molar-refractivity contribution in [2.24, 2.45) is 0 Å². The van der Waals surface area contributed by atoms with Crippen LogP contribution in [0.3, 0.4) is 0 Å². The molecule has 0 saturated heterocycles. The van der Waals surface area contributed by atoms with Crippen LogP contribution in [0.2, 0.25) is 0 Å². The normalized spacial score (nSPS) is 11.4. The van der Waals surface area contributed by atoms with Crippen molar-refractivity contribution < 1.29 is 0 Å². The van der Waals surface area contributed by atoms with Crippen LogP contribution in [0.25, 0.3) is 0 Å². The Kier molecular flexibility index (Phi) is 3.35. The third-order valence-electron chi connectivity index (χ3n) is 2.30. The average molecular weight is 166 g/mol. The van der Waals surface area contributed by atoms with E-state index in [-0.39, 0.29) is 0 Å². The number of aromatic nitrogens is 1. The van der Waals surface area contributed by atoms with Gasteiger partial charge in [-0.15, -0.1) is 0 Å². The van der Waals surface area contributed by atoms with Crippen molar-refractivity contribution in [1.29, 1.82) is 0 Å². The first-order valence-corrected chi connectivity index (χ1v) is 4.52. The summed E-state index contributed by atoms with van der Waals surface area (Å²) in [6.07, 6.45) is 5.18. The second-order valence-electron chi connectivity index (χ2n) is 3.54. The van der Waals surface area contributed by atoms with Gasteiger partial charge >= 0.3 is 0 Å². The minimum atomic E-state index is 0.643. The van der Waals surface area contributed by atoms with E-state index in [1.54, 1.807) is 0 Å². The van der Waals surface area contributed by atoms with E-state index in [4.69, 9.17) is 0 Å². The summed E-state index contributed by atoms with van der Waals surface area (Å²) in [5.41, 5.74) is 1.39. The fourth-order valence-electron chi connectivity index (χ4n) is 1.08. The molecule has 1 heterocycles. The van der Waals surface area contributed by atoms with Crippen molar-refractivity contribution in [3.63, 3.8) is 0 Å². The lowest BCUT2D eigenvalue weighted by Crippen LogP contribution is -2.28. The molecule has 68 valence electrons.